The van der Waals surface area contributed by atoms with Crippen LogP contribution < -0.4 is 11.1 Å². The number of nitrogens with one attached hydrogen (secondary N) is 1. The van der Waals surface area contributed by atoms with E-state index in [4.69, 9.17) is 10.8 Å². The average molecular weight is 483 g/mol. The van der Waals surface area contributed by atoms with Gasteiger partial charge in [0, 0.05) is 11.3 Å². The smallest absolute Gasteiger partial charge is 0.241 e. The molecule has 1 amide bonds. The number of aliphatic hydroxyl groups is 1. The lowest BCUT2D eigenvalue weighted by molar-refractivity contribution is -0.118. The predicted molar refractivity (Wildman–Crippen MR) is 139 cm³/mol. The first-order chi connectivity index (χ1) is 15.9. The van der Waals surface area contributed by atoms with Crippen molar-refractivity contribution in [2.75, 3.05) is 5.32 Å². The number of aromatic nitrogens is 2. The highest BCUT2D eigenvalue weighted by molar-refractivity contribution is 5.95. The number of carbonyl (C=O) groups is 1. The molecule has 182 valence electrons. The van der Waals surface area contributed by atoms with Crippen molar-refractivity contribution >= 4 is 24.0 Å². The molecule has 1 aliphatic carbocycles. The molecule has 1 aromatic heterocycles. The van der Waals surface area contributed by atoms with Gasteiger partial charge in [-0.1, -0.05) is 61.7 Å². The van der Waals surface area contributed by atoms with E-state index in [1.165, 1.54) is 6.42 Å². The van der Waals surface area contributed by atoms with Crippen molar-refractivity contribution in [1.29, 1.82) is 0 Å². The van der Waals surface area contributed by atoms with Crippen LogP contribution in [-0.4, -0.2) is 26.8 Å². The van der Waals surface area contributed by atoms with E-state index in [0.717, 1.165) is 59.4 Å². The molecule has 2 atom stereocenters. The predicted octanol–water partition coefficient (Wildman–Crippen LogP) is 5.23. The molecule has 0 spiro atoms. The molecule has 1 aliphatic rings. The SMILES string of the molecule is Cc1nn(Cc2ccccc2)c(C(C)O)c1-c1ccc(NC(=O)[C@@H](N)C2CCCCC2)cc1.Cl. The summed E-state index contributed by atoms with van der Waals surface area (Å²) in [7, 11) is 0. The van der Waals surface area contributed by atoms with Gasteiger partial charge in [0.25, 0.3) is 0 Å². The number of nitrogens with zero attached hydrogens (tertiary/aromatic N) is 2. The van der Waals surface area contributed by atoms with Crippen molar-refractivity contribution in [3.05, 3.63) is 71.5 Å². The third kappa shape index (κ3) is 5.87. The first-order valence-electron chi connectivity index (χ1n) is 11.9. The summed E-state index contributed by atoms with van der Waals surface area (Å²) in [6, 6.07) is 17.3. The molecule has 0 bridgehead atoms. The Morgan fingerprint density at radius 3 is 2.38 bits per heavy atom. The maximum absolute atomic E-state index is 12.7. The van der Waals surface area contributed by atoms with E-state index in [-0.39, 0.29) is 24.2 Å². The molecule has 6 nitrogen and oxygen atoms in total. The highest BCUT2D eigenvalue weighted by Crippen LogP contribution is 2.33. The zero-order valence-corrected chi connectivity index (χ0v) is 20.7. The van der Waals surface area contributed by atoms with Gasteiger partial charge in [-0.15, -0.1) is 12.4 Å². The van der Waals surface area contributed by atoms with E-state index in [2.05, 4.69) is 17.4 Å². The van der Waals surface area contributed by atoms with Gasteiger partial charge in [0.05, 0.1) is 30.1 Å². The molecule has 7 heteroatoms. The number of amides is 1. The van der Waals surface area contributed by atoms with Crippen LogP contribution in [0.3, 0.4) is 0 Å². The number of anilines is 1. The summed E-state index contributed by atoms with van der Waals surface area (Å²) in [5.74, 6) is 0.149. The number of halogens is 1. The van der Waals surface area contributed by atoms with Gasteiger partial charge >= 0.3 is 0 Å². The monoisotopic (exact) mass is 482 g/mol. The van der Waals surface area contributed by atoms with Gasteiger partial charge in [0.15, 0.2) is 0 Å². The minimum atomic E-state index is -0.669. The average Bonchev–Trinajstić information content (AvgIpc) is 3.16. The van der Waals surface area contributed by atoms with E-state index in [9.17, 15) is 9.90 Å². The van der Waals surface area contributed by atoms with Gasteiger partial charge in [-0.3, -0.25) is 9.48 Å². The number of carbonyl (C=O) groups excluding carboxylic acids is 1. The van der Waals surface area contributed by atoms with Gasteiger partial charge in [0.2, 0.25) is 5.91 Å². The summed E-state index contributed by atoms with van der Waals surface area (Å²) in [6.07, 6.45) is 4.94. The van der Waals surface area contributed by atoms with Gasteiger partial charge in [-0.05, 0) is 55.9 Å². The molecule has 1 heterocycles. The highest BCUT2D eigenvalue weighted by atomic mass is 35.5. The fourth-order valence-corrected chi connectivity index (χ4v) is 4.91. The second-order valence-corrected chi connectivity index (χ2v) is 9.16. The van der Waals surface area contributed by atoms with E-state index in [1.807, 2.05) is 54.1 Å². The molecule has 1 unspecified atom stereocenters. The third-order valence-electron chi connectivity index (χ3n) is 6.64. The molecular weight excluding hydrogens is 448 g/mol. The minimum absolute atomic E-state index is 0. The number of benzene rings is 2. The zero-order valence-electron chi connectivity index (χ0n) is 19.9. The van der Waals surface area contributed by atoms with E-state index < -0.39 is 12.1 Å². The van der Waals surface area contributed by atoms with Crippen molar-refractivity contribution in [1.82, 2.24) is 9.78 Å². The molecule has 0 radical (unpaired) electrons. The quantitative estimate of drug-likeness (QED) is 0.430. The lowest BCUT2D eigenvalue weighted by Crippen LogP contribution is -2.42. The van der Waals surface area contributed by atoms with Crippen LogP contribution in [0.15, 0.2) is 54.6 Å². The van der Waals surface area contributed by atoms with Crippen molar-refractivity contribution in [2.24, 2.45) is 11.7 Å². The van der Waals surface area contributed by atoms with Crippen LogP contribution in [0.25, 0.3) is 11.1 Å². The maximum Gasteiger partial charge on any atom is 0.241 e. The van der Waals surface area contributed by atoms with Gasteiger partial charge in [0.1, 0.15) is 0 Å². The Labute approximate surface area is 208 Å². The summed E-state index contributed by atoms with van der Waals surface area (Å²) in [6.45, 7) is 4.32. The minimum Gasteiger partial charge on any atom is -0.387 e. The number of nitrogens with two attached hydrogens (primary N) is 1. The molecule has 0 saturated heterocycles. The van der Waals surface area contributed by atoms with Crippen molar-refractivity contribution in [3.8, 4) is 11.1 Å². The van der Waals surface area contributed by atoms with E-state index >= 15 is 0 Å². The van der Waals surface area contributed by atoms with Crippen molar-refractivity contribution in [2.45, 2.75) is 64.6 Å². The molecule has 1 saturated carbocycles. The maximum atomic E-state index is 12.7. The molecule has 2 aromatic carbocycles. The zero-order chi connectivity index (χ0) is 23.4. The largest absolute Gasteiger partial charge is 0.387 e. The van der Waals surface area contributed by atoms with Gasteiger partial charge in [-0.2, -0.15) is 5.10 Å². The number of rotatable bonds is 7. The van der Waals surface area contributed by atoms with Crippen LogP contribution in [0.5, 0.6) is 0 Å². The lowest BCUT2D eigenvalue weighted by atomic mass is 9.84. The molecule has 0 aliphatic heterocycles. The fraction of sp³-hybridized carbons (Fsp3) is 0.407. The van der Waals surface area contributed by atoms with Crippen LogP contribution in [0.4, 0.5) is 5.69 Å². The standard InChI is InChI=1S/C27H34N4O2.ClH/c1-18-24(26(19(2)32)31(30-18)17-20-9-5-3-6-10-20)21-13-15-23(16-14-21)29-27(33)25(28)22-11-7-4-8-12-22;/h3,5-6,9-10,13-16,19,22,25,32H,4,7-8,11-12,17,28H2,1-2H3,(H,29,33);1H/t19?,25-;/m0./s1. The van der Waals surface area contributed by atoms with Crippen LogP contribution in [0.1, 0.15) is 62.1 Å². The molecular formula is C27H35ClN4O2. The van der Waals surface area contributed by atoms with Crippen molar-refractivity contribution < 1.29 is 9.90 Å². The Bertz CT molecular complexity index is 1070. The lowest BCUT2D eigenvalue weighted by Gasteiger charge is -2.26. The Hall–Kier alpha value is -2.67. The first-order valence-corrected chi connectivity index (χ1v) is 11.9. The second kappa shape index (κ2) is 11.6. The van der Waals surface area contributed by atoms with Crippen LogP contribution in [0.2, 0.25) is 0 Å². The number of hydrogen-bond donors (Lipinski definition) is 3. The third-order valence-corrected chi connectivity index (χ3v) is 6.64. The van der Waals surface area contributed by atoms with E-state index in [0.29, 0.717) is 6.54 Å². The van der Waals surface area contributed by atoms with Crippen LogP contribution >= 0.6 is 12.4 Å². The Morgan fingerprint density at radius 1 is 1.12 bits per heavy atom. The molecule has 4 rings (SSSR count). The van der Waals surface area contributed by atoms with Gasteiger partial charge in [-0.25, -0.2) is 0 Å². The number of aliphatic hydroxyl groups excluding tert-OH is 1. The van der Waals surface area contributed by atoms with Crippen LogP contribution in [0, 0.1) is 12.8 Å². The van der Waals surface area contributed by atoms with Gasteiger partial charge < -0.3 is 16.2 Å². The van der Waals surface area contributed by atoms with Crippen LogP contribution in [-0.2, 0) is 11.3 Å². The Balaban J connectivity index is 0.00000324. The molecule has 34 heavy (non-hydrogen) atoms. The first kappa shape index (κ1) is 25.9. The summed E-state index contributed by atoms with van der Waals surface area (Å²) in [5.41, 5.74) is 11.6. The van der Waals surface area contributed by atoms with Crippen molar-refractivity contribution in [3.63, 3.8) is 0 Å². The summed E-state index contributed by atoms with van der Waals surface area (Å²) >= 11 is 0. The Kier molecular flexibility index (Phi) is 8.89. The molecule has 4 N–H and O–H groups in total. The summed E-state index contributed by atoms with van der Waals surface area (Å²) in [5, 5.41) is 18.3. The molecule has 3 aromatic rings. The number of hydrogen-bond acceptors (Lipinski definition) is 4. The summed E-state index contributed by atoms with van der Waals surface area (Å²) in [4.78, 5) is 12.7. The van der Waals surface area contributed by atoms with E-state index in [1.54, 1.807) is 6.92 Å². The Morgan fingerprint density at radius 2 is 1.76 bits per heavy atom. The number of aryl methyl sites for hydroxylation is 1. The summed E-state index contributed by atoms with van der Waals surface area (Å²) < 4.78 is 1.88. The topological polar surface area (TPSA) is 93.2 Å². The highest BCUT2D eigenvalue weighted by Gasteiger charge is 2.26. The fourth-order valence-electron chi connectivity index (χ4n) is 4.91. The normalized spacial score (nSPS) is 15.9. The second-order valence-electron chi connectivity index (χ2n) is 9.16. The molecule has 1 fully saturated rings.